The van der Waals surface area contributed by atoms with Gasteiger partial charge in [-0.25, -0.2) is 4.68 Å². The molecule has 2 aromatic heterocycles. The van der Waals surface area contributed by atoms with Gasteiger partial charge in [-0.15, -0.1) is 5.10 Å². The molecule has 0 aromatic carbocycles. The Hall–Kier alpha value is -2.35. The number of hydrogen-bond acceptors (Lipinski definition) is 6. The Morgan fingerprint density at radius 1 is 1.44 bits per heavy atom. The summed E-state index contributed by atoms with van der Waals surface area (Å²) in [4.78, 5) is 18.6. The minimum atomic E-state index is -1.06. The van der Waals surface area contributed by atoms with E-state index in [1.54, 1.807) is 29.5 Å². The van der Waals surface area contributed by atoms with Gasteiger partial charge < -0.3 is 10.8 Å². The van der Waals surface area contributed by atoms with Crippen LogP contribution in [0.5, 0.6) is 0 Å². The fraction of sp³-hybridized carbons (Fsp3) is 0.300. The molecular formula is C10H12N6O2. The normalized spacial score (nSPS) is 12.3. The molecule has 1 unspecified atom stereocenters. The van der Waals surface area contributed by atoms with Crippen molar-refractivity contribution in [1.29, 1.82) is 0 Å². The highest BCUT2D eigenvalue weighted by atomic mass is 16.4. The van der Waals surface area contributed by atoms with Crippen molar-refractivity contribution in [1.82, 2.24) is 25.0 Å². The van der Waals surface area contributed by atoms with E-state index >= 15 is 0 Å². The van der Waals surface area contributed by atoms with Gasteiger partial charge in [0.25, 0.3) is 0 Å². The summed E-state index contributed by atoms with van der Waals surface area (Å²) in [6.07, 6.45) is 6.60. The van der Waals surface area contributed by atoms with Gasteiger partial charge in [0.2, 0.25) is 0 Å². The van der Waals surface area contributed by atoms with Crippen molar-refractivity contribution in [2.75, 3.05) is 0 Å². The smallest absolute Gasteiger partial charge is 0.320 e. The molecule has 3 N–H and O–H groups in total. The summed E-state index contributed by atoms with van der Waals surface area (Å²) in [5.41, 5.74) is 6.69. The minimum Gasteiger partial charge on any atom is -0.480 e. The standard InChI is InChI=1S/C10H12N6O2/c11-9(10(17)18)3-7-5-16(15-14-7)6-8-4-12-1-2-13-8/h1-2,4-5,9H,3,6,11H2,(H,17,18). The maximum absolute atomic E-state index is 10.6. The van der Waals surface area contributed by atoms with E-state index in [9.17, 15) is 4.79 Å². The van der Waals surface area contributed by atoms with Gasteiger partial charge in [-0.3, -0.25) is 14.8 Å². The van der Waals surface area contributed by atoms with Crippen LogP contribution in [0.3, 0.4) is 0 Å². The fourth-order valence-electron chi connectivity index (χ4n) is 1.40. The Labute approximate surface area is 102 Å². The van der Waals surface area contributed by atoms with Crippen LogP contribution in [0.25, 0.3) is 0 Å². The van der Waals surface area contributed by atoms with E-state index < -0.39 is 12.0 Å². The van der Waals surface area contributed by atoms with Crippen LogP contribution in [0.1, 0.15) is 11.4 Å². The van der Waals surface area contributed by atoms with Crippen LogP contribution in [0, 0.1) is 0 Å². The number of carboxylic acids is 1. The zero-order chi connectivity index (χ0) is 13.0. The van der Waals surface area contributed by atoms with E-state index in [0.29, 0.717) is 12.2 Å². The molecule has 18 heavy (non-hydrogen) atoms. The number of carboxylic acid groups (broad SMARTS) is 1. The van der Waals surface area contributed by atoms with Crippen LogP contribution < -0.4 is 5.73 Å². The van der Waals surface area contributed by atoms with Crippen molar-refractivity contribution < 1.29 is 9.90 Å². The molecule has 94 valence electrons. The summed E-state index contributed by atoms with van der Waals surface area (Å²) >= 11 is 0. The van der Waals surface area contributed by atoms with Crippen molar-refractivity contribution in [3.63, 3.8) is 0 Å². The van der Waals surface area contributed by atoms with Crippen molar-refractivity contribution in [3.05, 3.63) is 36.2 Å². The minimum absolute atomic E-state index is 0.149. The van der Waals surface area contributed by atoms with Crippen molar-refractivity contribution in [2.45, 2.75) is 19.0 Å². The molecule has 1 atom stereocenters. The number of hydrogen-bond donors (Lipinski definition) is 2. The summed E-state index contributed by atoms with van der Waals surface area (Å²) in [5.74, 6) is -1.06. The quantitative estimate of drug-likeness (QED) is 0.701. The summed E-state index contributed by atoms with van der Waals surface area (Å²) in [7, 11) is 0. The van der Waals surface area contributed by atoms with E-state index in [0.717, 1.165) is 5.69 Å². The van der Waals surface area contributed by atoms with Crippen LogP contribution in [0.15, 0.2) is 24.8 Å². The second kappa shape index (κ2) is 5.32. The topological polar surface area (TPSA) is 120 Å². The van der Waals surface area contributed by atoms with Gasteiger partial charge in [-0.1, -0.05) is 5.21 Å². The Kier molecular flexibility index (Phi) is 3.58. The lowest BCUT2D eigenvalue weighted by molar-refractivity contribution is -0.138. The molecule has 0 aliphatic rings. The molecule has 8 nitrogen and oxygen atoms in total. The first-order valence-corrected chi connectivity index (χ1v) is 5.27. The molecule has 8 heteroatoms. The third kappa shape index (κ3) is 3.08. The number of carbonyl (C=O) groups is 1. The van der Waals surface area contributed by atoms with Gasteiger partial charge in [0.15, 0.2) is 0 Å². The van der Waals surface area contributed by atoms with E-state index in [4.69, 9.17) is 10.8 Å². The highest BCUT2D eigenvalue weighted by molar-refractivity contribution is 5.73. The Bertz CT molecular complexity index is 526. The molecule has 0 aliphatic heterocycles. The zero-order valence-corrected chi connectivity index (χ0v) is 9.47. The first kappa shape index (κ1) is 12.1. The summed E-state index contributed by atoms with van der Waals surface area (Å²) in [6, 6.07) is -0.966. The maximum atomic E-state index is 10.6. The largest absolute Gasteiger partial charge is 0.480 e. The molecule has 2 rings (SSSR count). The first-order valence-electron chi connectivity index (χ1n) is 5.27. The van der Waals surface area contributed by atoms with Gasteiger partial charge in [0.1, 0.15) is 6.04 Å². The maximum Gasteiger partial charge on any atom is 0.320 e. The lowest BCUT2D eigenvalue weighted by Gasteiger charge is -2.01. The molecule has 0 fully saturated rings. The SMILES string of the molecule is NC(Cc1cn(Cc2cnccn2)nn1)C(=O)O. The molecule has 0 aliphatic carbocycles. The van der Waals surface area contributed by atoms with Crippen LogP contribution in [0.2, 0.25) is 0 Å². The van der Waals surface area contributed by atoms with E-state index in [1.165, 1.54) is 0 Å². The van der Waals surface area contributed by atoms with Crippen molar-refractivity contribution in [3.8, 4) is 0 Å². The number of nitrogens with zero attached hydrogens (tertiary/aromatic N) is 5. The van der Waals surface area contributed by atoms with Crippen molar-refractivity contribution >= 4 is 5.97 Å². The van der Waals surface area contributed by atoms with Gasteiger partial charge in [0, 0.05) is 25.0 Å². The molecule has 0 bridgehead atoms. The number of nitrogens with two attached hydrogens (primary N) is 1. The van der Waals surface area contributed by atoms with Crippen LogP contribution in [0.4, 0.5) is 0 Å². The van der Waals surface area contributed by atoms with Crippen molar-refractivity contribution in [2.24, 2.45) is 5.73 Å². The molecule has 0 saturated heterocycles. The van der Waals surface area contributed by atoms with Crippen LogP contribution in [-0.4, -0.2) is 42.1 Å². The predicted molar refractivity (Wildman–Crippen MR) is 60.5 cm³/mol. The second-order valence-corrected chi connectivity index (χ2v) is 3.75. The average Bonchev–Trinajstić information content (AvgIpc) is 2.77. The van der Waals surface area contributed by atoms with E-state index in [1.807, 2.05) is 0 Å². The van der Waals surface area contributed by atoms with E-state index in [-0.39, 0.29) is 6.42 Å². The molecule has 0 amide bonds. The molecule has 0 radical (unpaired) electrons. The lowest BCUT2D eigenvalue weighted by atomic mass is 10.2. The Morgan fingerprint density at radius 2 is 2.28 bits per heavy atom. The summed E-state index contributed by atoms with van der Waals surface area (Å²) < 4.78 is 1.56. The third-order valence-corrected chi connectivity index (χ3v) is 2.27. The zero-order valence-electron chi connectivity index (χ0n) is 9.47. The third-order valence-electron chi connectivity index (χ3n) is 2.27. The fourth-order valence-corrected chi connectivity index (χ4v) is 1.40. The second-order valence-electron chi connectivity index (χ2n) is 3.75. The number of rotatable bonds is 5. The molecular weight excluding hydrogens is 236 g/mol. The average molecular weight is 248 g/mol. The van der Waals surface area contributed by atoms with Gasteiger partial charge in [-0.05, 0) is 0 Å². The summed E-state index contributed by atoms with van der Waals surface area (Å²) in [6.45, 7) is 0.434. The molecule has 0 spiro atoms. The molecule has 0 saturated carbocycles. The van der Waals surface area contributed by atoms with E-state index in [2.05, 4.69) is 20.3 Å². The van der Waals surface area contributed by atoms with Gasteiger partial charge in [0.05, 0.1) is 24.1 Å². The van der Waals surface area contributed by atoms with Gasteiger partial charge >= 0.3 is 5.97 Å². The first-order chi connectivity index (χ1) is 8.65. The highest BCUT2D eigenvalue weighted by Crippen LogP contribution is 2.00. The molecule has 2 heterocycles. The Balaban J connectivity index is 2.00. The summed E-state index contributed by atoms with van der Waals surface area (Å²) in [5, 5.41) is 16.4. The highest BCUT2D eigenvalue weighted by Gasteiger charge is 2.14. The predicted octanol–water partition coefficient (Wildman–Crippen LogP) is -0.929. The molecule has 2 aromatic rings. The van der Waals surface area contributed by atoms with Crippen LogP contribution in [-0.2, 0) is 17.8 Å². The van der Waals surface area contributed by atoms with Gasteiger partial charge in [-0.2, -0.15) is 0 Å². The van der Waals surface area contributed by atoms with Crippen LogP contribution >= 0.6 is 0 Å². The Morgan fingerprint density at radius 3 is 2.94 bits per heavy atom. The monoisotopic (exact) mass is 248 g/mol. The number of aromatic nitrogens is 5. The lowest BCUT2D eigenvalue weighted by Crippen LogP contribution is -2.32. The number of aliphatic carboxylic acids is 1.